The lowest BCUT2D eigenvalue weighted by Crippen LogP contribution is -2.49. The van der Waals surface area contributed by atoms with Gasteiger partial charge in [-0.25, -0.2) is 5.43 Å². The highest BCUT2D eigenvalue weighted by Crippen LogP contribution is 2.60. The molecule has 0 spiro atoms. The van der Waals surface area contributed by atoms with Gasteiger partial charge in [-0.05, 0) is 101 Å². The van der Waals surface area contributed by atoms with Gasteiger partial charge >= 0.3 is 0 Å². The average Bonchev–Trinajstić information content (AvgIpc) is 2.66. The largest absolute Gasteiger partial charge is 0.372 e. The van der Waals surface area contributed by atoms with Crippen molar-refractivity contribution in [1.29, 1.82) is 0 Å². The number of anilines is 1. The molecular weight excluding hydrogens is 334 g/mol. The van der Waals surface area contributed by atoms with Crippen molar-refractivity contribution in [2.24, 2.45) is 28.3 Å². The SMILES string of the molecule is CCN(CC)c1ccc(C(=O)N/N=C(/C)C23CC4CC(CC(C4)C2)C3)cc1. The van der Waals surface area contributed by atoms with E-state index in [1.165, 1.54) is 38.5 Å². The molecule has 4 bridgehead atoms. The molecule has 4 saturated carbocycles. The van der Waals surface area contributed by atoms with Crippen LogP contribution in [-0.4, -0.2) is 24.7 Å². The molecule has 1 aromatic carbocycles. The van der Waals surface area contributed by atoms with Crippen LogP contribution in [0.15, 0.2) is 29.4 Å². The minimum atomic E-state index is -0.106. The first-order chi connectivity index (χ1) is 13.0. The predicted molar refractivity (Wildman–Crippen MR) is 111 cm³/mol. The molecule has 4 aliphatic carbocycles. The normalized spacial score (nSPS) is 31.8. The highest BCUT2D eigenvalue weighted by molar-refractivity contribution is 5.96. The van der Waals surface area contributed by atoms with Crippen LogP contribution in [0.1, 0.15) is 69.7 Å². The number of carbonyl (C=O) groups excluding carboxylic acids is 1. The van der Waals surface area contributed by atoms with Crippen molar-refractivity contribution in [3.8, 4) is 0 Å². The van der Waals surface area contributed by atoms with E-state index in [2.05, 4.69) is 36.2 Å². The third kappa shape index (κ3) is 3.51. The van der Waals surface area contributed by atoms with Crippen LogP contribution < -0.4 is 10.3 Å². The van der Waals surface area contributed by atoms with Gasteiger partial charge in [0.05, 0.1) is 0 Å². The highest BCUT2D eigenvalue weighted by atomic mass is 16.2. The number of rotatable bonds is 6. The zero-order valence-corrected chi connectivity index (χ0v) is 17.0. The third-order valence-corrected chi connectivity index (χ3v) is 7.39. The van der Waals surface area contributed by atoms with E-state index < -0.39 is 0 Å². The summed E-state index contributed by atoms with van der Waals surface area (Å²) in [5.41, 5.74) is 6.07. The Morgan fingerprint density at radius 2 is 1.56 bits per heavy atom. The van der Waals surface area contributed by atoms with Gasteiger partial charge in [0.1, 0.15) is 0 Å². The summed E-state index contributed by atoms with van der Waals surface area (Å²) in [5, 5.41) is 4.59. The standard InChI is InChI=1S/C23H33N3O/c1-4-26(5-2)21-8-6-20(7-9-21)22(27)25-24-16(3)23-13-17-10-18(14-23)12-19(11-17)15-23/h6-9,17-19H,4-5,10-15H2,1-3H3,(H,25,27)/b24-16-. The minimum absolute atomic E-state index is 0.106. The molecule has 1 amide bonds. The van der Waals surface area contributed by atoms with Crippen molar-refractivity contribution in [3.05, 3.63) is 29.8 Å². The number of hydrogen-bond donors (Lipinski definition) is 1. The molecule has 0 saturated heterocycles. The van der Waals surface area contributed by atoms with E-state index in [0.717, 1.165) is 42.2 Å². The topological polar surface area (TPSA) is 44.7 Å². The van der Waals surface area contributed by atoms with Gasteiger partial charge in [-0.3, -0.25) is 4.79 Å². The monoisotopic (exact) mass is 367 g/mol. The second kappa shape index (κ2) is 7.29. The van der Waals surface area contributed by atoms with Gasteiger partial charge in [-0.1, -0.05) is 0 Å². The summed E-state index contributed by atoms with van der Waals surface area (Å²) in [6.45, 7) is 8.36. The molecule has 4 fully saturated rings. The van der Waals surface area contributed by atoms with E-state index in [-0.39, 0.29) is 11.3 Å². The van der Waals surface area contributed by atoms with E-state index in [4.69, 9.17) is 0 Å². The Morgan fingerprint density at radius 1 is 1.04 bits per heavy atom. The molecule has 4 aliphatic rings. The van der Waals surface area contributed by atoms with Crippen molar-refractivity contribution in [2.45, 2.75) is 59.3 Å². The van der Waals surface area contributed by atoms with Gasteiger partial charge < -0.3 is 4.90 Å². The molecule has 5 rings (SSSR count). The van der Waals surface area contributed by atoms with Crippen molar-refractivity contribution >= 4 is 17.3 Å². The second-order valence-electron chi connectivity index (χ2n) is 9.06. The quantitative estimate of drug-likeness (QED) is 0.577. The fourth-order valence-corrected chi connectivity index (χ4v) is 6.28. The van der Waals surface area contributed by atoms with Gasteiger partial charge in [0.25, 0.3) is 5.91 Å². The molecule has 0 aliphatic heterocycles. The first kappa shape index (κ1) is 18.5. The maximum Gasteiger partial charge on any atom is 0.271 e. The van der Waals surface area contributed by atoms with Crippen LogP contribution in [0.2, 0.25) is 0 Å². The lowest BCUT2D eigenvalue weighted by molar-refractivity contribution is -0.0128. The van der Waals surface area contributed by atoms with Crippen LogP contribution in [0.3, 0.4) is 0 Å². The lowest BCUT2D eigenvalue weighted by atomic mass is 9.48. The lowest BCUT2D eigenvalue weighted by Gasteiger charge is -2.56. The maximum absolute atomic E-state index is 12.6. The molecule has 146 valence electrons. The summed E-state index contributed by atoms with van der Waals surface area (Å²) in [6, 6.07) is 7.85. The molecule has 1 aromatic rings. The van der Waals surface area contributed by atoms with Gasteiger partial charge in [-0.15, -0.1) is 0 Å². The third-order valence-electron chi connectivity index (χ3n) is 7.39. The Kier molecular flexibility index (Phi) is 5.00. The number of nitrogens with zero attached hydrogens (tertiary/aromatic N) is 2. The van der Waals surface area contributed by atoms with Crippen LogP contribution >= 0.6 is 0 Å². The predicted octanol–water partition coefficient (Wildman–Crippen LogP) is 4.85. The van der Waals surface area contributed by atoms with Crippen LogP contribution in [0, 0.1) is 23.2 Å². The Labute approximate surface area is 163 Å². The van der Waals surface area contributed by atoms with E-state index >= 15 is 0 Å². The highest BCUT2D eigenvalue weighted by Gasteiger charge is 2.52. The summed E-state index contributed by atoms with van der Waals surface area (Å²) in [5.74, 6) is 2.57. The van der Waals surface area contributed by atoms with E-state index in [0.29, 0.717) is 5.56 Å². The molecule has 0 radical (unpaired) electrons. The Balaban J connectivity index is 1.42. The van der Waals surface area contributed by atoms with Crippen molar-refractivity contribution < 1.29 is 4.79 Å². The van der Waals surface area contributed by atoms with E-state index in [1.54, 1.807) is 0 Å². The van der Waals surface area contributed by atoms with Crippen LogP contribution in [0.4, 0.5) is 5.69 Å². The zero-order valence-electron chi connectivity index (χ0n) is 17.0. The number of amides is 1. The van der Waals surface area contributed by atoms with Gasteiger partial charge in [0.15, 0.2) is 0 Å². The number of hydrazone groups is 1. The first-order valence-electron chi connectivity index (χ1n) is 10.7. The summed E-state index contributed by atoms with van der Waals surface area (Å²) in [4.78, 5) is 14.8. The first-order valence-corrected chi connectivity index (χ1v) is 10.7. The Morgan fingerprint density at radius 3 is 2.04 bits per heavy atom. The van der Waals surface area contributed by atoms with Crippen molar-refractivity contribution in [3.63, 3.8) is 0 Å². The van der Waals surface area contributed by atoms with Crippen molar-refractivity contribution in [2.75, 3.05) is 18.0 Å². The Hall–Kier alpha value is -1.84. The minimum Gasteiger partial charge on any atom is -0.372 e. The van der Waals surface area contributed by atoms with Crippen LogP contribution in [-0.2, 0) is 0 Å². The summed E-state index contributed by atoms with van der Waals surface area (Å²) in [7, 11) is 0. The molecule has 1 N–H and O–H groups in total. The van der Waals surface area contributed by atoms with Gasteiger partial charge in [0.2, 0.25) is 0 Å². The zero-order chi connectivity index (χ0) is 19.0. The molecule has 0 unspecified atom stereocenters. The second-order valence-corrected chi connectivity index (χ2v) is 9.06. The molecule has 0 atom stereocenters. The summed E-state index contributed by atoms with van der Waals surface area (Å²) < 4.78 is 0. The van der Waals surface area contributed by atoms with Gasteiger partial charge in [-0.2, -0.15) is 5.10 Å². The molecular formula is C23H33N3O. The number of benzene rings is 1. The number of carbonyl (C=O) groups is 1. The molecule has 27 heavy (non-hydrogen) atoms. The van der Waals surface area contributed by atoms with E-state index in [9.17, 15) is 4.79 Å². The van der Waals surface area contributed by atoms with Gasteiger partial charge in [0, 0.05) is 35.5 Å². The molecule has 0 aromatic heterocycles. The summed E-state index contributed by atoms with van der Waals surface area (Å²) >= 11 is 0. The molecule has 0 heterocycles. The fraction of sp³-hybridized carbons (Fsp3) is 0.652. The van der Waals surface area contributed by atoms with Crippen LogP contribution in [0.25, 0.3) is 0 Å². The number of hydrogen-bond acceptors (Lipinski definition) is 3. The maximum atomic E-state index is 12.6. The average molecular weight is 368 g/mol. The molecule has 4 nitrogen and oxygen atoms in total. The van der Waals surface area contributed by atoms with Crippen molar-refractivity contribution in [1.82, 2.24) is 5.43 Å². The van der Waals surface area contributed by atoms with Crippen LogP contribution in [0.5, 0.6) is 0 Å². The smallest absolute Gasteiger partial charge is 0.271 e. The van der Waals surface area contributed by atoms with E-state index in [1.807, 2.05) is 24.3 Å². The Bertz CT molecular complexity index is 682. The number of nitrogens with one attached hydrogen (secondary N) is 1. The summed E-state index contributed by atoms with van der Waals surface area (Å²) in [6.07, 6.45) is 8.13. The molecule has 4 heteroatoms. The fourth-order valence-electron chi connectivity index (χ4n) is 6.28.